The molecule has 0 N–H and O–H groups in total. The Hall–Kier alpha value is -2.54. The maximum absolute atomic E-state index is 5.49. The van der Waals surface area contributed by atoms with Gasteiger partial charge in [0.2, 0.25) is 0 Å². The molecule has 0 saturated heterocycles. The lowest BCUT2D eigenvalue weighted by Gasteiger charge is -2.09. The first-order valence-electron chi connectivity index (χ1n) is 6.75. The fourth-order valence-corrected chi connectivity index (χ4v) is 2.93. The van der Waals surface area contributed by atoms with Gasteiger partial charge in [0.15, 0.2) is 0 Å². The smallest absolute Gasteiger partial charge is 0.126 e. The summed E-state index contributed by atoms with van der Waals surface area (Å²) in [7, 11) is 1.72. The predicted molar refractivity (Wildman–Crippen MR) is 85.5 cm³/mol. The number of methoxy groups -OCH3 is 1. The Morgan fingerprint density at radius 2 is 1.35 bits per heavy atom. The predicted octanol–water partition coefficient (Wildman–Crippen LogP) is 5.15. The fourth-order valence-electron chi connectivity index (χ4n) is 2.93. The zero-order valence-corrected chi connectivity index (χ0v) is 11.3. The van der Waals surface area contributed by atoms with E-state index in [9.17, 15) is 0 Å². The summed E-state index contributed by atoms with van der Waals surface area (Å²) in [5.41, 5.74) is 0. The van der Waals surface area contributed by atoms with Crippen LogP contribution in [0, 0.1) is 0 Å². The summed E-state index contributed by atoms with van der Waals surface area (Å²) in [6.45, 7) is 0. The second-order valence-electron chi connectivity index (χ2n) is 5.04. The lowest BCUT2D eigenvalue weighted by atomic mass is 9.98. The lowest BCUT2D eigenvalue weighted by Crippen LogP contribution is -1.85. The zero-order chi connectivity index (χ0) is 13.5. The fraction of sp³-hybridized carbons (Fsp3) is 0.0526. The Morgan fingerprint density at radius 1 is 0.600 bits per heavy atom. The molecule has 20 heavy (non-hydrogen) atoms. The highest BCUT2D eigenvalue weighted by Gasteiger charge is 2.05. The Kier molecular flexibility index (Phi) is 2.40. The molecule has 1 nitrogen and oxygen atoms in total. The minimum atomic E-state index is 0.928. The molecule has 0 aliphatic carbocycles. The molecule has 0 atom stereocenters. The Bertz CT molecular complexity index is 938. The third kappa shape index (κ3) is 1.56. The van der Waals surface area contributed by atoms with Gasteiger partial charge in [-0.2, -0.15) is 0 Å². The highest BCUT2D eigenvalue weighted by Crippen LogP contribution is 2.33. The van der Waals surface area contributed by atoms with Crippen LogP contribution in [0.4, 0.5) is 0 Å². The third-order valence-electron chi connectivity index (χ3n) is 3.92. The number of hydrogen-bond acceptors (Lipinski definition) is 1. The molecule has 0 aliphatic heterocycles. The first-order chi connectivity index (χ1) is 9.86. The molecule has 1 heteroatoms. The molecule has 0 saturated carbocycles. The van der Waals surface area contributed by atoms with E-state index < -0.39 is 0 Å². The molecule has 0 radical (unpaired) electrons. The third-order valence-corrected chi connectivity index (χ3v) is 3.92. The minimum absolute atomic E-state index is 0.928. The molecule has 96 valence electrons. The highest BCUT2D eigenvalue weighted by molar-refractivity contribution is 6.12. The van der Waals surface area contributed by atoms with Gasteiger partial charge in [0.1, 0.15) is 5.75 Å². The number of fused-ring (bicyclic) bond motifs is 4. The van der Waals surface area contributed by atoms with Crippen LogP contribution in [0.15, 0.2) is 66.7 Å². The topological polar surface area (TPSA) is 9.23 Å². The van der Waals surface area contributed by atoms with Crippen LogP contribution in [0.3, 0.4) is 0 Å². The van der Waals surface area contributed by atoms with Gasteiger partial charge in [-0.25, -0.2) is 0 Å². The van der Waals surface area contributed by atoms with Crippen molar-refractivity contribution >= 4 is 32.3 Å². The summed E-state index contributed by atoms with van der Waals surface area (Å²) < 4.78 is 5.49. The second-order valence-corrected chi connectivity index (χ2v) is 5.04. The van der Waals surface area contributed by atoms with Crippen molar-refractivity contribution in [1.29, 1.82) is 0 Å². The molecule has 0 spiro atoms. The molecule has 4 rings (SSSR count). The monoisotopic (exact) mass is 258 g/mol. The van der Waals surface area contributed by atoms with Gasteiger partial charge in [-0.1, -0.05) is 48.5 Å². The van der Waals surface area contributed by atoms with Gasteiger partial charge in [0.25, 0.3) is 0 Å². The molecule has 0 aromatic heterocycles. The standard InChI is InChI=1S/C19H14O/c1-20-19-8-4-6-14-11-15-10-9-13-5-2-3-7-16(13)17(15)12-18(14)19/h2-12H,1H3. The molecule has 0 bridgehead atoms. The van der Waals surface area contributed by atoms with Gasteiger partial charge in [-0.15, -0.1) is 0 Å². The van der Waals surface area contributed by atoms with Gasteiger partial charge in [-0.3, -0.25) is 0 Å². The van der Waals surface area contributed by atoms with Crippen LogP contribution in [-0.2, 0) is 0 Å². The maximum atomic E-state index is 5.49. The van der Waals surface area contributed by atoms with E-state index in [0.29, 0.717) is 0 Å². The average molecular weight is 258 g/mol. The van der Waals surface area contributed by atoms with Crippen molar-refractivity contribution in [2.24, 2.45) is 0 Å². The van der Waals surface area contributed by atoms with Crippen molar-refractivity contribution < 1.29 is 4.74 Å². The van der Waals surface area contributed by atoms with Crippen molar-refractivity contribution in [3.63, 3.8) is 0 Å². The van der Waals surface area contributed by atoms with E-state index in [-0.39, 0.29) is 0 Å². The van der Waals surface area contributed by atoms with Crippen LogP contribution in [0.5, 0.6) is 5.75 Å². The number of hydrogen-bond donors (Lipinski definition) is 0. The minimum Gasteiger partial charge on any atom is -0.496 e. The number of rotatable bonds is 1. The summed E-state index contributed by atoms with van der Waals surface area (Å²) in [5.74, 6) is 0.928. The summed E-state index contributed by atoms with van der Waals surface area (Å²) >= 11 is 0. The zero-order valence-electron chi connectivity index (χ0n) is 11.3. The van der Waals surface area contributed by atoms with Crippen molar-refractivity contribution in [2.45, 2.75) is 0 Å². The number of ether oxygens (including phenoxy) is 1. The Morgan fingerprint density at radius 3 is 2.25 bits per heavy atom. The van der Waals surface area contributed by atoms with Crippen LogP contribution in [0.2, 0.25) is 0 Å². The quantitative estimate of drug-likeness (QED) is 0.338. The van der Waals surface area contributed by atoms with Gasteiger partial charge >= 0.3 is 0 Å². The van der Waals surface area contributed by atoms with E-state index in [0.717, 1.165) is 5.75 Å². The molecule has 0 fully saturated rings. The summed E-state index contributed by atoms with van der Waals surface area (Å²) in [4.78, 5) is 0. The van der Waals surface area contributed by atoms with Crippen LogP contribution in [0.1, 0.15) is 0 Å². The molecule has 4 aromatic carbocycles. The summed E-state index contributed by atoms with van der Waals surface area (Å²) in [6, 6.07) is 23.5. The molecule has 0 unspecified atom stereocenters. The van der Waals surface area contributed by atoms with Crippen molar-refractivity contribution in [2.75, 3.05) is 7.11 Å². The van der Waals surface area contributed by atoms with Crippen molar-refractivity contribution in [3.05, 3.63) is 66.7 Å². The van der Waals surface area contributed by atoms with Crippen LogP contribution >= 0.6 is 0 Å². The summed E-state index contributed by atoms with van der Waals surface area (Å²) in [6.07, 6.45) is 0. The van der Waals surface area contributed by atoms with Crippen LogP contribution in [0.25, 0.3) is 32.3 Å². The van der Waals surface area contributed by atoms with E-state index in [2.05, 4.69) is 54.6 Å². The van der Waals surface area contributed by atoms with Crippen molar-refractivity contribution in [3.8, 4) is 5.75 Å². The molecular weight excluding hydrogens is 244 g/mol. The second kappa shape index (κ2) is 4.24. The largest absolute Gasteiger partial charge is 0.496 e. The van der Waals surface area contributed by atoms with Gasteiger partial charge in [0, 0.05) is 5.39 Å². The summed E-state index contributed by atoms with van der Waals surface area (Å²) in [5, 5.41) is 7.49. The van der Waals surface area contributed by atoms with E-state index in [1.54, 1.807) is 7.11 Å². The Labute approximate surface area is 117 Å². The van der Waals surface area contributed by atoms with E-state index >= 15 is 0 Å². The first kappa shape index (κ1) is 11.3. The maximum Gasteiger partial charge on any atom is 0.126 e. The molecule has 0 aliphatic rings. The molecule has 4 aromatic rings. The van der Waals surface area contributed by atoms with Gasteiger partial charge in [-0.05, 0) is 45.1 Å². The Balaban J connectivity index is 2.22. The number of benzene rings is 4. The van der Waals surface area contributed by atoms with E-state index in [1.807, 2.05) is 12.1 Å². The average Bonchev–Trinajstić information content (AvgIpc) is 2.52. The van der Waals surface area contributed by atoms with Crippen LogP contribution in [-0.4, -0.2) is 7.11 Å². The SMILES string of the molecule is COc1cccc2cc3ccc4ccccc4c3cc12. The first-order valence-corrected chi connectivity index (χ1v) is 6.75. The molecular formula is C19H14O. The van der Waals surface area contributed by atoms with Gasteiger partial charge < -0.3 is 4.74 Å². The lowest BCUT2D eigenvalue weighted by molar-refractivity contribution is 0.420. The van der Waals surface area contributed by atoms with E-state index in [4.69, 9.17) is 4.74 Å². The van der Waals surface area contributed by atoms with Crippen LogP contribution < -0.4 is 4.74 Å². The van der Waals surface area contributed by atoms with Gasteiger partial charge in [0.05, 0.1) is 7.11 Å². The molecule has 0 amide bonds. The normalized spacial score (nSPS) is 11.2. The molecule has 0 heterocycles. The van der Waals surface area contributed by atoms with E-state index in [1.165, 1.54) is 32.3 Å². The van der Waals surface area contributed by atoms with Crippen molar-refractivity contribution in [1.82, 2.24) is 0 Å². The highest BCUT2D eigenvalue weighted by atomic mass is 16.5.